The lowest BCUT2D eigenvalue weighted by Gasteiger charge is -2.22. The van der Waals surface area contributed by atoms with E-state index in [0.717, 1.165) is 17.7 Å². The summed E-state index contributed by atoms with van der Waals surface area (Å²) in [6, 6.07) is 0. The Morgan fingerprint density at radius 1 is 1.14 bits per heavy atom. The van der Waals surface area contributed by atoms with Gasteiger partial charge in [-0.25, -0.2) is 0 Å². The van der Waals surface area contributed by atoms with Crippen LogP contribution in [0.2, 0.25) is 0 Å². The molecular formula is C13H18N2O6. The zero-order chi connectivity index (χ0) is 15.6. The molecule has 2 N–H and O–H groups in total. The number of carboxylic acid groups (broad SMARTS) is 2. The zero-order valence-corrected chi connectivity index (χ0v) is 11.5. The molecular weight excluding hydrogens is 280 g/mol. The molecule has 116 valence electrons. The molecule has 0 bridgehead atoms. The average molecular weight is 298 g/mol. The Hall–Kier alpha value is -2.12. The van der Waals surface area contributed by atoms with Crippen molar-refractivity contribution in [1.82, 2.24) is 9.80 Å². The molecule has 0 spiro atoms. The largest absolute Gasteiger partial charge is 0.480 e. The second-order valence-electron chi connectivity index (χ2n) is 5.62. The summed E-state index contributed by atoms with van der Waals surface area (Å²) in [4.78, 5) is 47.9. The van der Waals surface area contributed by atoms with Crippen LogP contribution < -0.4 is 0 Å². The fourth-order valence-corrected chi connectivity index (χ4v) is 2.52. The lowest BCUT2D eigenvalue weighted by Crippen LogP contribution is -2.43. The van der Waals surface area contributed by atoms with Gasteiger partial charge in [0.2, 0.25) is 11.8 Å². The molecule has 0 aromatic rings. The number of hydrogen-bond acceptors (Lipinski definition) is 4. The van der Waals surface area contributed by atoms with Crippen molar-refractivity contribution in [3.05, 3.63) is 0 Å². The van der Waals surface area contributed by atoms with Crippen molar-refractivity contribution in [2.24, 2.45) is 11.8 Å². The maximum atomic E-state index is 12.2. The first kappa shape index (κ1) is 15.3. The van der Waals surface area contributed by atoms with E-state index in [1.165, 1.54) is 0 Å². The van der Waals surface area contributed by atoms with Crippen LogP contribution in [0.4, 0.5) is 0 Å². The number of carbonyl (C=O) groups excluding carboxylic acids is 2. The molecule has 2 rings (SSSR count). The molecule has 8 heteroatoms. The van der Waals surface area contributed by atoms with Crippen molar-refractivity contribution in [2.45, 2.75) is 19.3 Å². The minimum absolute atomic E-state index is 0.0291. The Kier molecular flexibility index (Phi) is 4.44. The molecule has 2 amide bonds. The molecule has 1 saturated carbocycles. The summed E-state index contributed by atoms with van der Waals surface area (Å²) < 4.78 is 0. The highest BCUT2D eigenvalue weighted by Crippen LogP contribution is 2.32. The normalized spacial score (nSPS) is 21.4. The van der Waals surface area contributed by atoms with Gasteiger partial charge in [-0.1, -0.05) is 0 Å². The number of nitrogens with zero attached hydrogens (tertiary/aromatic N) is 2. The first-order chi connectivity index (χ1) is 9.86. The van der Waals surface area contributed by atoms with E-state index < -0.39 is 36.9 Å². The van der Waals surface area contributed by atoms with Crippen LogP contribution in [0, 0.1) is 11.8 Å². The number of carboxylic acids is 2. The lowest BCUT2D eigenvalue weighted by molar-refractivity contribution is -0.151. The van der Waals surface area contributed by atoms with Crippen LogP contribution in [0.15, 0.2) is 0 Å². The Bertz CT molecular complexity index is 457. The third-order valence-corrected chi connectivity index (χ3v) is 3.70. The number of carbonyl (C=O) groups is 4. The summed E-state index contributed by atoms with van der Waals surface area (Å²) in [5, 5.41) is 17.5. The second kappa shape index (κ2) is 6.11. The van der Waals surface area contributed by atoms with E-state index in [1.807, 2.05) is 0 Å². The van der Waals surface area contributed by atoms with Gasteiger partial charge in [-0.2, -0.15) is 0 Å². The molecule has 1 saturated heterocycles. The van der Waals surface area contributed by atoms with Crippen molar-refractivity contribution >= 4 is 23.8 Å². The number of amides is 2. The SMILES string of the molecule is O=C(O)CN(CC(=O)O)C(=O)C1CC(=O)N(CC2CC2)C1. The minimum atomic E-state index is -1.27. The Morgan fingerprint density at radius 3 is 2.19 bits per heavy atom. The number of hydrogen-bond donors (Lipinski definition) is 2. The highest BCUT2D eigenvalue weighted by molar-refractivity contribution is 5.92. The van der Waals surface area contributed by atoms with Crippen LogP contribution in [-0.4, -0.2) is 69.9 Å². The van der Waals surface area contributed by atoms with E-state index in [1.54, 1.807) is 4.90 Å². The smallest absolute Gasteiger partial charge is 0.323 e. The van der Waals surface area contributed by atoms with Crippen LogP contribution >= 0.6 is 0 Å². The van der Waals surface area contributed by atoms with Gasteiger partial charge in [0.05, 0.1) is 5.92 Å². The van der Waals surface area contributed by atoms with Gasteiger partial charge in [0, 0.05) is 19.5 Å². The second-order valence-corrected chi connectivity index (χ2v) is 5.62. The fourth-order valence-electron chi connectivity index (χ4n) is 2.52. The predicted molar refractivity (Wildman–Crippen MR) is 69.3 cm³/mol. The van der Waals surface area contributed by atoms with Gasteiger partial charge in [-0.05, 0) is 18.8 Å². The summed E-state index contributed by atoms with van der Waals surface area (Å²) in [6.07, 6.45) is 2.21. The Morgan fingerprint density at radius 2 is 1.71 bits per heavy atom. The molecule has 1 unspecified atom stereocenters. The van der Waals surface area contributed by atoms with Crippen molar-refractivity contribution in [3.8, 4) is 0 Å². The van der Waals surface area contributed by atoms with Gasteiger partial charge in [0.25, 0.3) is 0 Å². The van der Waals surface area contributed by atoms with Gasteiger partial charge in [0.15, 0.2) is 0 Å². The van der Waals surface area contributed by atoms with Crippen LogP contribution in [0.3, 0.4) is 0 Å². The van der Waals surface area contributed by atoms with E-state index in [9.17, 15) is 19.2 Å². The summed E-state index contributed by atoms with van der Waals surface area (Å²) in [5.74, 6) is -3.38. The van der Waals surface area contributed by atoms with Crippen LogP contribution in [0.1, 0.15) is 19.3 Å². The molecule has 1 aliphatic carbocycles. The number of aliphatic carboxylic acids is 2. The number of likely N-dealkylation sites (tertiary alicyclic amines) is 1. The molecule has 0 radical (unpaired) electrons. The van der Waals surface area contributed by atoms with Gasteiger partial charge >= 0.3 is 11.9 Å². The quantitative estimate of drug-likeness (QED) is 0.638. The molecule has 0 aromatic heterocycles. The van der Waals surface area contributed by atoms with Crippen LogP contribution in [0.5, 0.6) is 0 Å². The molecule has 8 nitrogen and oxygen atoms in total. The lowest BCUT2D eigenvalue weighted by atomic mass is 10.1. The van der Waals surface area contributed by atoms with Gasteiger partial charge < -0.3 is 20.0 Å². The highest BCUT2D eigenvalue weighted by Gasteiger charge is 2.39. The van der Waals surface area contributed by atoms with E-state index >= 15 is 0 Å². The van der Waals surface area contributed by atoms with E-state index in [0.29, 0.717) is 12.5 Å². The van der Waals surface area contributed by atoms with Crippen LogP contribution in [0.25, 0.3) is 0 Å². The van der Waals surface area contributed by atoms with Gasteiger partial charge in [-0.15, -0.1) is 0 Å². The molecule has 1 heterocycles. The van der Waals surface area contributed by atoms with Crippen molar-refractivity contribution in [2.75, 3.05) is 26.2 Å². The summed E-state index contributed by atoms with van der Waals surface area (Å²) in [5.41, 5.74) is 0. The first-order valence-electron chi connectivity index (χ1n) is 6.87. The molecule has 1 atom stereocenters. The molecule has 2 aliphatic rings. The zero-order valence-electron chi connectivity index (χ0n) is 11.5. The summed E-state index contributed by atoms with van der Waals surface area (Å²) >= 11 is 0. The van der Waals surface area contributed by atoms with E-state index in [-0.39, 0.29) is 18.9 Å². The highest BCUT2D eigenvalue weighted by atomic mass is 16.4. The summed E-state index contributed by atoms with van der Waals surface area (Å²) in [6.45, 7) is -0.443. The Balaban J connectivity index is 1.97. The predicted octanol–water partition coefficient (Wildman–Crippen LogP) is -0.757. The van der Waals surface area contributed by atoms with E-state index in [2.05, 4.69) is 0 Å². The van der Waals surface area contributed by atoms with Crippen molar-refractivity contribution in [1.29, 1.82) is 0 Å². The molecule has 2 fully saturated rings. The van der Waals surface area contributed by atoms with Gasteiger partial charge in [-0.3, -0.25) is 19.2 Å². The van der Waals surface area contributed by atoms with E-state index in [4.69, 9.17) is 10.2 Å². The summed E-state index contributed by atoms with van der Waals surface area (Å²) in [7, 11) is 0. The maximum Gasteiger partial charge on any atom is 0.323 e. The van der Waals surface area contributed by atoms with Crippen molar-refractivity contribution in [3.63, 3.8) is 0 Å². The van der Waals surface area contributed by atoms with Crippen molar-refractivity contribution < 1.29 is 29.4 Å². The fraction of sp³-hybridized carbons (Fsp3) is 0.692. The monoisotopic (exact) mass is 298 g/mol. The maximum absolute atomic E-state index is 12.2. The van der Waals surface area contributed by atoms with Crippen LogP contribution in [-0.2, 0) is 19.2 Å². The molecule has 1 aliphatic heterocycles. The first-order valence-corrected chi connectivity index (χ1v) is 6.87. The molecule has 0 aromatic carbocycles. The minimum Gasteiger partial charge on any atom is -0.480 e. The Labute approximate surface area is 121 Å². The molecule has 21 heavy (non-hydrogen) atoms. The van der Waals surface area contributed by atoms with Gasteiger partial charge in [0.1, 0.15) is 13.1 Å². The third kappa shape index (κ3) is 4.17. The average Bonchev–Trinajstić information content (AvgIpc) is 3.10. The topological polar surface area (TPSA) is 115 Å². The number of rotatable bonds is 7. The standard InChI is InChI=1S/C13H18N2O6/c16-10-3-9(5-14(10)4-8-1-2-8)13(21)15(6-11(17)18)7-12(19)20/h8-9H,1-7H2,(H,17,18)(H,19,20). The third-order valence-electron chi connectivity index (χ3n) is 3.70.